The summed E-state index contributed by atoms with van der Waals surface area (Å²) < 4.78 is 0. The zero-order chi connectivity index (χ0) is 16.8. The van der Waals surface area contributed by atoms with Crippen molar-refractivity contribution in [3.8, 4) is 0 Å². The predicted molar refractivity (Wildman–Crippen MR) is 91.8 cm³/mol. The first-order chi connectivity index (χ1) is 11.0. The number of aliphatic imine (C=N–C) groups is 1. The number of amides is 1. The van der Waals surface area contributed by atoms with Gasteiger partial charge in [-0.3, -0.25) is 4.79 Å². The molecular weight excluding hydrogens is 292 g/mol. The molecule has 0 aliphatic carbocycles. The third kappa shape index (κ3) is 4.93. The molecule has 0 spiro atoms. The molecule has 1 amide bonds. The molecule has 2 rings (SSSR count). The van der Waals surface area contributed by atoms with E-state index in [4.69, 9.17) is 5.73 Å². The summed E-state index contributed by atoms with van der Waals surface area (Å²) in [5.41, 5.74) is 8.25. The van der Waals surface area contributed by atoms with E-state index in [0.717, 1.165) is 17.2 Å². The van der Waals surface area contributed by atoms with Gasteiger partial charge in [-0.2, -0.15) is 0 Å². The summed E-state index contributed by atoms with van der Waals surface area (Å²) in [6, 6.07) is 6.68. The van der Waals surface area contributed by atoms with Crippen molar-refractivity contribution in [1.82, 2.24) is 14.9 Å². The molecule has 1 heterocycles. The number of benzene rings is 1. The van der Waals surface area contributed by atoms with Crippen LogP contribution in [0, 0.1) is 0 Å². The highest BCUT2D eigenvalue weighted by molar-refractivity contribution is 5.95. The van der Waals surface area contributed by atoms with Crippen molar-refractivity contribution in [3.63, 3.8) is 0 Å². The fraction of sp³-hybridized carbons (Fsp3) is 0.312. The van der Waals surface area contributed by atoms with Crippen LogP contribution in [0.4, 0.5) is 11.4 Å². The number of nitrogens with zero attached hydrogens (tertiary/aromatic N) is 3. The van der Waals surface area contributed by atoms with Gasteiger partial charge in [-0.25, -0.2) is 9.98 Å². The Morgan fingerprint density at radius 3 is 2.65 bits per heavy atom. The van der Waals surface area contributed by atoms with E-state index in [9.17, 15) is 4.79 Å². The number of hydrogen-bond acceptors (Lipinski definition) is 4. The van der Waals surface area contributed by atoms with Crippen LogP contribution in [0.2, 0.25) is 0 Å². The van der Waals surface area contributed by atoms with Gasteiger partial charge < -0.3 is 20.9 Å². The molecule has 0 bridgehead atoms. The highest BCUT2D eigenvalue weighted by Gasteiger charge is 2.14. The summed E-state index contributed by atoms with van der Waals surface area (Å²) in [5, 5.41) is 2.80. The first-order valence-corrected chi connectivity index (χ1v) is 7.32. The molecule has 1 aromatic heterocycles. The lowest BCUT2D eigenvalue weighted by atomic mass is 10.1. The number of rotatable bonds is 5. The molecule has 1 aromatic carbocycles. The molecule has 0 fully saturated rings. The average molecular weight is 314 g/mol. The second-order valence-corrected chi connectivity index (χ2v) is 5.48. The first kappa shape index (κ1) is 16.7. The number of imidazole rings is 1. The normalized spacial score (nSPS) is 12.8. The van der Waals surface area contributed by atoms with Crippen molar-refractivity contribution in [2.24, 2.45) is 10.7 Å². The zero-order valence-electron chi connectivity index (χ0n) is 13.6. The number of nitrogens with one attached hydrogen (secondary N) is 2. The highest BCUT2D eigenvalue weighted by atomic mass is 16.2. The Kier molecular flexibility index (Phi) is 5.48. The summed E-state index contributed by atoms with van der Waals surface area (Å²) >= 11 is 0. The number of carbonyl (C=O) groups excluding carboxylic acids is 1. The molecule has 0 aliphatic heterocycles. The van der Waals surface area contributed by atoms with Crippen LogP contribution in [-0.4, -0.2) is 46.7 Å². The molecule has 23 heavy (non-hydrogen) atoms. The van der Waals surface area contributed by atoms with Crippen LogP contribution in [0.3, 0.4) is 0 Å². The summed E-state index contributed by atoms with van der Waals surface area (Å²) in [4.78, 5) is 25.3. The Balaban J connectivity index is 1.95. The maximum Gasteiger partial charge on any atom is 0.241 e. The van der Waals surface area contributed by atoms with Gasteiger partial charge in [0.15, 0.2) is 0 Å². The molecule has 7 heteroatoms. The predicted octanol–water partition coefficient (Wildman–Crippen LogP) is 1.53. The van der Waals surface area contributed by atoms with Gasteiger partial charge in [0.1, 0.15) is 5.84 Å². The number of aromatic amines is 1. The standard InChI is InChI=1S/C16H22N6O/c1-11(22(2)3)20-12-4-6-13(7-5-12)21-16(23)15(17)8-14-9-18-10-19-14/h4-7,9-10,15H,8,17H2,1-3H3,(H,18,19)(H,21,23). The Labute approximate surface area is 135 Å². The summed E-state index contributed by atoms with van der Waals surface area (Å²) in [6.07, 6.45) is 3.64. The number of aromatic nitrogens is 2. The van der Waals surface area contributed by atoms with Crippen molar-refractivity contribution in [2.75, 3.05) is 19.4 Å². The minimum absolute atomic E-state index is 0.236. The Morgan fingerprint density at radius 1 is 1.39 bits per heavy atom. The van der Waals surface area contributed by atoms with Crippen LogP contribution in [0.1, 0.15) is 12.6 Å². The topological polar surface area (TPSA) is 99.4 Å². The van der Waals surface area contributed by atoms with Crippen LogP contribution in [0.5, 0.6) is 0 Å². The second kappa shape index (κ2) is 7.55. The molecule has 7 nitrogen and oxygen atoms in total. The number of nitrogens with two attached hydrogens (primary N) is 1. The quantitative estimate of drug-likeness (QED) is 0.575. The zero-order valence-corrected chi connectivity index (χ0v) is 13.6. The third-order valence-electron chi connectivity index (χ3n) is 3.40. The van der Waals surface area contributed by atoms with Gasteiger partial charge in [0.05, 0.1) is 18.1 Å². The van der Waals surface area contributed by atoms with Gasteiger partial charge in [-0.15, -0.1) is 0 Å². The lowest BCUT2D eigenvalue weighted by Gasteiger charge is -2.12. The molecule has 0 aliphatic rings. The number of hydrogen-bond donors (Lipinski definition) is 3. The van der Waals surface area contributed by atoms with Crippen LogP contribution >= 0.6 is 0 Å². The van der Waals surface area contributed by atoms with E-state index in [1.807, 2.05) is 50.2 Å². The maximum absolute atomic E-state index is 12.1. The smallest absolute Gasteiger partial charge is 0.241 e. The molecule has 0 saturated heterocycles. The van der Waals surface area contributed by atoms with E-state index < -0.39 is 6.04 Å². The molecule has 1 unspecified atom stereocenters. The van der Waals surface area contributed by atoms with Gasteiger partial charge in [-0.05, 0) is 31.2 Å². The number of carbonyl (C=O) groups is 1. The number of amidine groups is 1. The van der Waals surface area contributed by atoms with Crippen LogP contribution < -0.4 is 11.1 Å². The lowest BCUT2D eigenvalue weighted by Crippen LogP contribution is -2.37. The SMILES string of the molecule is CC(=Nc1ccc(NC(=O)C(N)Cc2cnc[nH]2)cc1)N(C)C. The Morgan fingerprint density at radius 2 is 2.09 bits per heavy atom. The van der Waals surface area contributed by atoms with Crippen LogP contribution in [0.15, 0.2) is 41.8 Å². The first-order valence-electron chi connectivity index (χ1n) is 7.32. The van der Waals surface area contributed by atoms with Crippen molar-refractivity contribution < 1.29 is 4.79 Å². The average Bonchev–Trinajstić information content (AvgIpc) is 3.02. The van der Waals surface area contributed by atoms with Gasteiger partial charge in [0.25, 0.3) is 0 Å². The third-order valence-corrected chi connectivity index (χ3v) is 3.40. The molecule has 0 saturated carbocycles. The number of anilines is 1. The Bertz CT molecular complexity index is 660. The molecule has 4 N–H and O–H groups in total. The van der Waals surface area contributed by atoms with Gasteiger partial charge >= 0.3 is 0 Å². The highest BCUT2D eigenvalue weighted by Crippen LogP contribution is 2.17. The second-order valence-electron chi connectivity index (χ2n) is 5.48. The van der Waals surface area contributed by atoms with Gasteiger partial charge in [-0.1, -0.05) is 0 Å². The monoisotopic (exact) mass is 314 g/mol. The van der Waals surface area contributed by atoms with E-state index in [0.29, 0.717) is 12.1 Å². The van der Waals surface area contributed by atoms with Gasteiger partial charge in [0, 0.05) is 38.1 Å². The minimum Gasteiger partial charge on any atom is -0.366 e. The minimum atomic E-state index is -0.635. The maximum atomic E-state index is 12.1. The van der Waals surface area contributed by atoms with E-state index in [-0.39, 0.29) is 5.91 Å². The molecule has 122 valence electrons. The van der Waals surface area contributed by atoms with Crippen molar-refractivity contribution in [1.29, 1.82) is 0 Å². The van der Waals surface area contributed by atoms with Crippen molar-refractivity contribution in [2.45, 2.75) is 19.4 Å². The summed E-state index contributed by atoms with van der Waals surface area (Å²) in [6.45, 7) is 1.93. The molecule has 2 aromatic rings. The Hall–Kier alpha value is -2.67. The van der Waals surface area contributed by atoms with E-state index >= 15 is 0 Å². The summed E-state index contributed by atoms with van der Waals surface area (Å²) in [7, 11) is 3.88. The van der Waals surface area contributed by atoms with Crippen molar-refractivity contribution >= 4 is 23.1 Å². The van der Waals surface area contributed by atoms with Crippen LogP contribution in [-0.2, 0) is 11.2 Å². The van der Waals surface area contributed by atoms with Crippen LogP contribution in [0.25, 0.3) is 0 Å². The summed E-state index contributed by atoms with van der Waals surface area (Å²) in [5.74, 6) is 0.670. The number of H-pyrrole nitrogens is 1. The van der Waals surface area contributed by atoms with E-state index in [2.05, 4.69) is 20.3 Å². The molecule has 1 atom stereocenters. The fourth-order valence-electron chi connectivity index (χ4n) is 1.87. The molecular formula is C16H22N6O. The fourth-order valence-corrected chi connectivity index (χ4v) is 1.87. The van der Waals surface area contributed by atoms with E-state index in [1.165, 1.54) is 0 Å². The largest absolute Gasteiger partial charge is 0.366 e. The van der Waals surface area contributed by atoms with Crippen molar-refractivity contribution in [3.05, 3.63) is 42.5 Å². The molecule has 0 radical (unpaired) electrons. The van der Waals surface area contributed by atoms with E-state index in [1.54, 1.807) is 12.5 Å². The lowest BCUT2D eigenvalue weighted by molar-refractivity contribution is -0.117. The van der Waals surface area contributed by atoms with Gasteiger partial charge in [0.2, 0.25) is 5.91 Å².